The van der Waals surface area contributed by atoms with Crippen LogP contribution < -0.4 is 20.3 Å². The second kappa shape index (κ2) is 13.8. The zero-order valence-electron chi connectivity index (χ0n) is 27.4. The fourth-order valence-corrected chi connectivity index (χ4v) is 6.47. The van der Waals surface area contributed by atoms with Crippen LogP contribution in [0.4, 0.5) is 28.8 Å². The average molecular weight is 622 g/mol. The van der Waals surface area contributed by atoms with Crippen LogP contribution >= 0.6 is 0 Å². The van der Waals surface area contributed by atoms with Gasteiger partial charge < -0.3 is 25.2 Å². The molecule has 240 valence electrons. The van der Waals surface area contributed by atoms with Crippen LogP contribution in [-0.4, -0.2) is 95.0 Å². The zero-order valence-corrected chi connectivity index (χ0v) is 27.4. The van der Waals surface area contributed by atoms with Gasteiger partial charge >= 0.3 is 0 Å². The summed E-state index contributed by atoms with van der Waals surface area (Å²) in [4.78, 5) is 38.5. The second-order valence-corrected chi connectivity index (χ2v) is 12.1. The Morgan fingerprint density at radius 3 is 2.41 bits per heavy atom. The monoisotopic (exact) mass is 621 g/mol. The number of carbonyl (C=O) groups excluding carboxylic acids is 1. The highest BCUT2D eigenvalue weighted by Gasteiger charge is 2.27. The van der Waals surface area contributed by atoms with Crippen LogP contribution in [0.25, 0.3) is 16.6 Å². The number of rotatable bonds is 9. The van der Waals surface area contributed by atoms with Crippen LogP contribution in [0.2, 0.25) is 0 Å². The number of hydrogen-bond donors (Lipinski definition) is 2. The van der Waals surface area contributed by atoms with Crippen LogP contribution in [0.1, 0.15) is 37.8 Å². The summed E-state index contributed by atoms with van der Waals surface area (Å²) >= 11 is 0. The minimum atomic E-state index is -0.0552. The quantitative estimate of drug-likeness (QED) is 0.233. The number of carbonyl (C=O) groups is 1. The lowest BCUT2D eigenvalue weighted by atomic mass is 9.98. The summed E-state index contributed by atoms with van der Waals surface area (Å²) in [6.45, 7) is 12.1. The second-order valence-electron chi connectivity index (χ2n) is 12.1. The van der Waals surface area contributed by atoms with E-state index in [9.17, 15) is 4.79 Å². The zero-order chi connectivity index (χ0) is 32.2. The van der Waals surface area contributed by atoms with E-state index in [0.29, 0.717) is 45.7 Å². The first kappa shape index (κ1) is 31.4. The first-order valence-corrected chi connectivity index (χ1v) is 16.0. The van der Waals surface area contributed by atoms with Crippen LogP contribution in [0, 0.1) is 6.92 Å². The molecule has 4 aromatic rings. The first-order valence-electron chi connectivity index (χ1n) is 16.0. The molecule has 2 saturated heterocycles. The molecule has 0 radical (unpaired) electrons. The maximum Gasteiger partial charge on any atom is 0.229 e. The predicted molar refractivity (Wildman–Crippen MR) is 185 cm³/mol. The van der Waals surface area contributed by atoms with Crippen molar-refractivity contribution in [2.24, 2.45) is 0 Å². The van der Waals surface area contributed by atoms with Crippen molar-refractivity contribution in [1.82, 2.24) is 29.7 Å². The number of Topliss-reactive ketones (excluding diaryl/α,β-unsaturated/α-hetero) is 1. The van der Waals surface area contributed by atoms with Crippen molar-refractivity contribution in [3.63, 3.8) is 0 Å². The molecule has 6 rings (SSSR count). The van der Waals surface area contributed by atoms with E-state index in [2.05, 4.69) is 59.5 Å². The molecule has 2 fully saturated rings. The molecule has 46 heavy (non-hydrogen) atoms. The molecule has 0 aliphatic carbocycles. The number of likely N-dealkylation sites (N-methyl/N-ethyl adjacent to an activating group) is 1. The highest BCUT2D eigenvalue weighted by molar-refractivity contribution is 6.24. The molecule has 2 aliphatic heterocycles. The number of ether oxygens (including phenoxy) is 1. The van der Waals surface area contributed by atoms with Gasteiger partial charge in [0.1, 0.15) is 11.6 Å². The minimum Gasteiger partial charge on any atom is -0.494 e. The fourth-order valence-electron chi connectivity index (χ4n) is 6.47. The van der Waals surface area contributed by atoms with E-state index in [1.807, 2.05) is 38.1 Å². The molecular weight excluding hydrogens is 578 g/mol. The highest BCUT2D eigenvalue weighted by Crippen LogP contribution is 2.35. The van der Waals surface area contributed by atoms with E-state index in [1.165, 1.54) is 25.9 Å². The predicted octanol–water partition coefficient (Wildman–Crippen LogP) is 5.43. The van der Waals surface area contributed by atoms with Crippen LogP contribution in [0.3, 0.4) is 0 Å². The van der Waals surface area contributed by atoms with Gasteiger partial charge in [-0.15, -0.1) is 0 Å². The number of ketones is 1. The number of nitrogens with zero attached hydrogens (tertiary/aromatic N) is 7. The Kier molecular flexibility index (Phi) is 9.41. The van der Waals surface area contributed by atoms with Gasteiger partial charge in [-0.25, -0.2) is 4.98 Å². The summed E-state index contributed by atoms with van der Waals surface area (Å²) in [5.41, 5.74) is 6.11. The number of fused-ring (bicyclic) bond motifs is 1. The van der Waals surface area contributed by atoms with Gasteiger partial charge in [0.25, 0.3) is 0 Å². The van der Waals surface area contributed by atoms with E-state index < -0.39 is 0 Å². The lowest BCUT2D eigenvalue weighted by molar-refractivity contribution is -0.111. The molecule has 0 bridgehead atoms. The maximum absolute atomic E-state index is 12.6. The Hall–Kier alpha value is -4.61. The number of nitrogens with one attached hydrogen (secondary N) is 2. The molecule has 0 unspecified atom stereocenters. The van der Waals surface area contributed by atoms with Crippen molar-refractivity contribution in [2.45, 2.75) is 39.7 Å². The standard InChI is InChI=1S/C35H43N9O2/c1-6-27(24(3)45)32-29(9-10-30-33(32)37-14-13-36-30)39-34-23(2)22-38-35(41-34)40-28-8-7-26(21-31(28)46-5)43-15-11-25(12-16-43)44-19-17-42(4)18-20-44/h6-10,13-14,21-22,25H,11-12,15-20H2,1-5H3,(H2,38,39,40,41)/b27-6+. The molecule has 2 aromatic heterocycles. The number of aromatic nitrogens is 4. The van der Waals surface area contributed by atoms with Crippen molar-refractivity contribution in [2.75, 3.05) is 69.0 Å². The summed E-state index contributed by atoms with van der Waals surface area (Å²) in [6.07, 6.45) is 9.20. The molecule has 0 spiro atoms. The molecule has 2 N–H and O–H groups in total. The Morgan fingerprint density at radius 1 is 0.957 bits per heavy atom. The molecule has 0 amide bonds. The Morgan fingerprint density at radius 2 is 1.70 bits per heavy atom. The number of benzene rings is 2. The molecule has 0 saturated carbocycles. The first-order chi connectivity index (χ1) is 22.3. The van der Waals surface area contributed by atoms with E-state index in [0.717, 1.165) is 48.9 Å². The van der Waals surface area contributed by atoms with Gasteiger partial charge in [-0.05, 0) is 64.9 Å². The number of methoxy groups -OCH3 is 1. The largest absolute Gasteiger partial charge is 0.494 e. The molecule has 11 heteroatoms. The van der Waals surface area contributed by atoms with Gasteiger partial charge in [-0.2, -0.15) is 4.98 Å². The van der Waals surface area contributed by atoms with E-state index in [-0.39, 0.29) is 5.78 Å². The van der Waals surface area contributed by atoms with Crippen LogP contribution in [0.5, 0.6) is 5.75 Å². The van der Waals surface area contributed by atoms with Crippen molar-refractivity contribution < 1.29 is 9.53 Å². The SMILES string of the molecule is C/C=C(\C(C)=O)c1c(Nc2nc(Nc3ccc(N4CCC(N5CCN(C)CC5)CC4)cc3OC)ncc2C)ccc2nccnc12. The number of piperazine rings is 1. The third-order valence-corrected chi connectivity index (χ3v) is 9.12. The molecule has 0 atom stereocenters. The van der Waals surface area contributed by atoms with Crippen molar-refractivity contribution >= 4 is 51.2 Å². The van der Waals surface area contributed by atoms with Crippen LogP contribution in [-0.2, 0) is 4.79 Å². The smallest absolute Gasteiger partial charge is 0.229 e. The minimum absolute atomic E-state index is 0.0552. The lowest BCUT2D eigenvalue weighted by Gasteiger charge is -2.42. The van der Waals surface area contributed by atoms with E-state index in [1.54, 1.807) is 32.6 Å². The number of piperidine rings is 1. The summed E-state index contributed by atoms with van der Waals surface area (Å²) in [5, 5.41) is 6.80. The van der Waals surface area contributed by atoms with Gasteiger partial charge in [-0.1, -0.05) is 6.08 Å². The Labute approximate surface area is 270 Å². The van der Waals surface area contributed by atoms with E-state index >= 15 is 0 Å². The summed E-state index contributed by atoms with van der Waals surface area (Å²) in [6, 6.07) is 10.7. The summed E-state index contributed by atoms with van der Waals surface area (Å²) in [5.74, 6) is 1.71. The molecule has 11 nitrogen and oxygen atoms in total. The number of anilines is 5. The third-order valence-electron chi connectivity index (χ3n) is 9.12. The van der Waals surface area contributed by atoms with Gasteiger partial charge in [0.15, 0.2) is 5.78 Å². The maximum atomic E-state index is 12.6. The van der Waals surface area contributed by atoms with Gasteiger partial charge in [0.2, 0.25) is 5.95 Å². The normalized spacial score (nSPS) is 16.9. The Bertz CT molecular complexity index is 1740. The molecule has 2 aromatic carbocycles. The average Bonchev–Trinajstić information content (AvgIpc) is 3.08. The van der Waals surface area contributed by atoms with Gasteiger partial charge in [0, 0.05) is 98.0 Å². The third kappa shape index (κ3) is 6.66. The van der Waals surface area contributed by atoms with E-state index in [4.69, 9.17) is 9.72 Å². The highest BCUT2D eigenvalue weighted by atomic mass is 16.5. The summed E-state index contributed by atoms with van der Waals surface area (Å²) < 4.78 is 5.82. The number of hydrogen-bond acceptors (Lipinski definition) is 11. The lowest BCUT2D eigenvalue weighted by Crippen LogP contribution is -2.52. The van der Waals surface area contributed by atoms with Crippen molar-refractivity contribution in [3.05, 3.63) is 66.1 Å². The van der Waals surface area contributed by atoms with Crippen LogP contribution in [0.15, 0.2) is 55.0 Å². The fraction of sp³-hybridized carbons (Fsp3) is 0.400. The van der Waals surface area contributed by atoms with Gasteiger partial charge in [0.05, 0.1) is 23.8 Å². The summed E-state index contributed by atoms with van der Waals surface area (Å²) in [7, 11) is 3.90. The van der Waals surface area contributed by atoms with Crippen molar-refractivity contribution in [3.8, 4) is 5.75 Å². The number of allylic oxidation sites excluding steroid dienone is 2. The molecular formula is C35H43N9O2. The Balaban J connectivity index is 1.20. The van der Waals surface area contributed by atoms with Gasteiger partial charge in [-0.3, -0.25) is 19.7 Å². The number of aryl methyl sites for hydroxylation is 1. The molecule has 2 aliphatic rings. The van der Waals surface area contributed by atoms with Crippen molar-refractivity contribution in [1.29, 1.82) is 0 Å². The topological polar surface area (TPSA) is 112 Å². The molecule has 4 heterocycles.